The first kappa shape index (κ1) is 27.7. The normalized spacial score (nSPS) is 17.1. The molecule has 216 valence electrons. The third-order valence-electron chi connectivity index (χ3n) is 7.76. The number of hydrogen-bond donors (Lipinski definition) is 1. The lowest BCUT2D eigenvalue weighted by Crippen LogP contribution is -2.33. The van der Waals surface area contributed by atoms with E-state index >= 15 is 0 Å². The molecular weight excluding hydrogens is 539 g/mol. The van der Waals surface area contributed by atoms with Crippen molar-refractivity contribution in [3.05, 3.63) is 94.7 Å². The summed E-state index contributed by atoms with van der Waals surface area (Å²) in [7, 11) is 0. The van der Waals surface area contributed by atoms with Crippen LogP contribution in [-0.2, 0) is 24.4 Å². The first-order chi connectivity index (χ1) is 20.3. The van der Waals surface area contributed by atoms with Crippen LogP contribution >= 0.6 is 0 Å². The number of aromatic nitrogens is 3. The van der Waals surface area contributed by atoms with E-state index in [0.29, 0.717) is 31.1 Å². The van der Waals surface area contributed by atoms with Crippen LogP contribution in [0, 0.1) is 5.82 Å². The molecule has 2 aliphatic rings. The van der Waals surface area contributed by atoms with E-state index in [1.54, 1.807) is 30.3 Å². The number of ketones is 1. The molecule has 0 saturated carbocycles. The Hall–Kier alpha value is -4.41. The Kier molecular flexibility index (Phi) is 7.82. The summed E-state index contributed by atoms with van der Waals surface area (Å²) in [6.45, 7) is 5.02. The average Bonchev–Trinajstić information content (AvgIpc) is 3.30. The summed E-state index contributed by atoms with van der Waals surface area (Å²) in [6.07, 6.45) is 4.05. The lowest BCUT2D eigenvalue weighted by Gasteiger charge is -2.29. The Morgan fingerprint density at radius 3 is 2.69 bits per heavy atom. The maximum absolute atomic E-state index is 14.2. The molecule has 0 radical (unpaired) electrons. The molecule has 4 aromatic rings. The van der Waals surface area contributed by atoms with Crippen molar-refractivity contribution in [2.45, 2.75) is 45.6 Å². The number of carbonyl (C=O) groups is 2. The van der Waals surface area contributed by atoms with Gasteiger partial charge in [-0.25, -0.2) is 19.2 Å². The summed E-state index contributed by atoms with van der Waals surface area (Å²) in [5, 5.41) is 9.49. The van der Waals surface area contributed by atoms with Crippen LogP contribution in [0.25, 0.3) is 16.6 Å². The maximum atomic E-state index is 14.2. The van der Waals surface area contributed by atoms with Crippen molar-refractivity contribution in [1.29, 1.82) is 0 Å². The fourth-order valence-corrected chi connectivity index (χ4v) is 5.31. The highest BCUT2D eigenvalue weighted by atomic mass is 19.1. The van der Waals surface area contributed by atoms with Crippen LogP contribution < -0.4 is 4.74 Å². The second-order valence-electron chi connectivity index (χ2n) is 10.7. The smallest absolute Gasteiger partial charge is 0.335 e. The minimum atomic E-state index is -0.958. The fourth-order valence-electron chi connectivity index (χ4n) is 5.31. The Labute approximate surface area is 242 Å². The minimum Gasteiger partial charge on any atom is -0.478 e. The number of carboxylic acid groups (broad SMARTS) is 1. The molecule has 0 amide bonds. The van der Waals surface area contributed by atoms with Gasteiger partial charge >= 0.3 is 5.97 Å². The number of carboxylic acids is 1. The number of imidazole rings is 1. The van der Waals surface area contributed by atoms with Crippen molar-refractivity contribution in [2.24, 2.45) is 0 Å². The number of benzene rings is 2. The Bertz CT molecular complexity index is 1690. The van der Waals surface area contributed by atoms with Gasteiger partial charge in [0.15, 0.2) is 5.78 Å². The molecule has 0 aliphatic carbocycles. The van der Waals surface area contributed by atoms with E-state index in [1.165, 1.54) is 19.1 Å². The number of pyridine rings is 1. The van der Waals surface area contributed by atoms with Crippen LogP contribution in [-0.4, -0.2) is 62.1 Å². The predicted molar refractivity (Wildman–Crippen MR) is 154 cm³/mol. The SMILES string of the molecule is CC(=O)c1ccc(COc2cccc(C3=CCN(Cc4nc5ccc(C(=O)O)cc5n4CC4CCO4)CC3)n2)cc1F. The molecule has 0 spiro atoms. The molecule has 42 heavy (non-hydrogen) atoms. The molecular formula is C32H31FN4O5. The number of fused-ring (bicyclic) bond motifs is 1. The molecule has 1 atom stereocenters. The van der Waals surface area contributed by atoms with Crippen LogP contribution in [0.1, 0.15) is 57.6 Å². The number of Topliss-reactive ketones (excluding diaryl/α,β-unsaturated/α-hetero) is 1. The van der Waals surface area contributed by atoms with E-state index in [4.69, 9.17) is 14.5 Å². The zero-order valence-electron chi connectivity index (χ0n) is 23.3. The van der Waals surface area contributed by atoms with Crippen LogP contribution in [0.3, 0.4) is 0 Å². The molecule has 10 heteroatoms. The van der Waals surface area contributed by atoms with Crippen molar-refractivity contribution in [2.75, 3.05) is 19.7 Å². The molecule has 2 aliphatic heterocycles. The Balaban J connectivity index is 1.13. The van der Waals surface area contributed by atoms with Gasteiger partial charge in [0.05, 0.1) is 47.0 Å². The van der Waals surface area contributed by atoms with Gasteiger partial charge in [-0.3, -0.25) is 9.69 Å². The van der Waals surface area contributed by atoms with Gasteiger partial charge in [0.25, 0.3) is 0 Å². The largest absolute Gasteiger partial charge is 0.478 e. The second kappa shape index (κ2) is 11.8. The number of halogens is 1. The standard InChI is InChI=1S/C32H31FN4O5/c1-20(38)25-7-5-21(15-26(25)33)19-42-31-4-2-3-27(35-31)22-9-12-36(13-10-22)18-30-34-28-8-6-23(32(39)40)16-29(28)37(30)17-24-11-14-41-24/h2-9,15-16,24H,10-14,17-19H2,1H3,(H,39,40). The zero-order valence-corrected chi connectivity index (χ0v) is 23.3. The number of rotatable bonds is 10. The van der Waals surface area contributed by atoms with Gasteiger partial charge in [0.2, 0.25) is 5.88 Å². The molecule has 9 nitrogen and oxygen atoms in total. The van der Waals surface area contributed by atoms with Crippen LogP contribution in [0.4, 0.5) is 4.39 Å². The van der Waals surface area contributed by atoms with Crippen molar-refractivity contribution in [3.63, 3.8) is 0 Å². The zero-order chi connectivity index (χ0) is 29.2. The van der Waals surface area contributed by atoms with Gasteiger partial charge in [-0.1, -0.05) is 18.2 Å². The van der Waals surface area contributed by atoms with Gasteiger partial charge in [-0.05, 0) is 67.3 Å². The van der Waals surface area contributed by atoms with E-state index < -0.39 is 11.8 Å². The van der Waals surface area contributed by atoms with E-state index in [1.807, 2.05) is 12.1 Å². The summed E-state index contributed by atoms with van der Waals surface area (Å²) in [5.74, 6) is -0.495. The average molecular weight is 571 g/mol. The highest BCUT2D eigenvalue weighted by Crippen LogP contribution is 2.26. The minimum absolute atomic E-state index is 0.0640. The van der Waals surface area contributed by atoms with Gasteiger partial charge in [0, 0.05) is 25.8 Å². The predicted octanol–water partition coefficient (Wildman–Crippen LogP) is 5.13. The van der Waals surface area contributed by atoms with Crippen LogP contribution in [0.15, 0.2) is 60.7 Å². The first-order valence-corrected chi connectivity index (χ1v) is 14.0. The summed E-state index contributed by atoms with van der Waals surface area (Å²) in [4.78, 5) is 34.9. The summed E-state index contributed by atoms with van der Waals surface area (Å²) in [6, 6.07) is 15.1. The third-order valence-corrected chi connectivity index (χ3v) is 7.76. The van der Waals surface area contributed by atoms with Gasteiger partial charge in [-0.2, -0.15) is 0 Å². The van der Waals surface area contributed by atoms with Crippen molar-refractivity contribution in [3.8, 4) is 5.88 Å². The lowest BCUT2D eigenvalue weighted by atomic mass is 10.0. The molecule has 6 rings (SSSR count). The molecule has 0 bridgehead atoms. The Morgan fingerprint density at radius 1 is 1.14 bits per heavy atom. The lowest BCUT2D eigenvalue weighted by molar-refractivity contribution is -0.0591. The fraction of sp³-hybridized carbons (Fsp3) is 0.312. The molecule has 4 heterocycles. The van der Waals surface area contributed by atoms with Crippen molar-refractivity contribution >= 4 is 28.4 Å². The molecule has 1 fully saturated rings. The monoisotopic (exact) mass is 570 g/mol. The van der Waals surface area contributed by atoms with E-state index in [9.17, 15) is 19.1 Å². The number of hydrogen-bond acceptors (Lipinski definition) is 7. The van der Waals surface area contributed by atoms with Gasteiger partial charge in [0.1, 0.15) is 18.2 Å². The van der Waals surface area contributed by atoms with Gasteiger partial charge in [-0.15, -0.1) is 0 Å². The third kappa shape index (κ3) is 5.95. The number of nitrogens with zero attached hydrogens (tertiary/aromatic N) is 4. The summed E-state index contributed by atoms with van der Waals surface area (Å²) < 4.78 is 27.8. The van der Waals surface area contributed by atoms with Crippen molar-refractivity contribution < 1.29 is 28.6 Å². The van der Waals surface area contributed by atoms with E-state index in [-0.39, 0.29) is 29.6 Å². The number of carbonyl (C=O) groups excluding carboxylic acids is 1. The summed E-state index contributed by atoms with van der Waals surface area (Å²) >= 11 is 0. The van der Waals surface area contributed by atoms with Crippen LogP contribution in [0.2, 0.25) is 0 Å². The highest BCUT2D eigenvalue weighted by molar-refractivity contribution is 5.94. The molecule has 2 aromatic heterocycles. The quantitative estimate of drug-likeness (QED) is 0.262. The van der Waals surface area contributed by atoms with Crippen molar-refractivity contribution in [1.82, 2.24) is 19.4 Å². The highest BCUT2D eigenvalue weighted by Gasteiger charge is 2.24. The van der Waals surface area contributed by atoms with E-state index in [2.05, 4.69) is 20.5 Å². The maximum Gasteiger partial charge on any atom is 0.335 e. The number of aromatic carboxylic acids is 1. The molecule has 1 N–H and O–H groups in total. The topological polar surface area (TPSA) is 107 Å². The molecule has 1 saturated heterocycles. The summed E-state index contributed by atoms with van der Waals surface area (Å²) in [5.41, 5.74) is 4.47. The van der Waals surface area contributed by atoms with Gasteiger partial charge < -0.3 is 19.1 Å². The second-order valence-corrected chi connectivity index (χ2v) is 10.7. The number of ether oxygens (including phenoxy) is 2. The first-order valence-electron chi connectivity index (χ1n) is 14.0. The molecule has 1 unspecified atom stereocenters. The molecule has 2 aromatic carbocycles. The van der Waals surface area contributed by atoms with E-state index in [0.717, 1.165) is 54.1 Å². The Morgan fingerprint density at radius 2 is 2.00 bits per heavy atom. The van der Waals surface area contributed by atoms with Crippen LogP contribution in [0.5, 0.6) is 5.88 Å².